The SMILES string of the molecule is Fc1ccc(CN=C2NN=C(c3cccs3)CS2)cc1. The van der Waals surface area contributed by atoms with Crippen LogP contribution in [0.1, 0.15) is 10.4 Å². The number of nitrogens with one attached hydrogen (secondary N) is 1. The van der Waals surface area contributed by atoms with Crippen LogP contribution in [0.25, 0.3) is 0 Å². The van der Waals surface area contributed by atoms with Crippen molar-refractivity contribution >= 4 is 34.0 Å². The second-order valence-electron chi connectivity index (χ2n) is 4.18. The molecule has 102 valence electrons. The highest BCUT2D eigenvalue weighted by atomic mass is 32.2. The molecule has 6 heteroatoms. The number of hydrazone groups is 1. The van der Waals surface area contributed by atoms with Gasteiger partial charge < -0.3 is 0 Å². The molecule has 0 saturated carbocycles. The number of thioether (sulfide) groups is 1. The molecule has 0 amide bonds. The van der Waals surface area contributed by atoms with Gasteiger partial charge in [-0.1, -0.05) is 30.0 Å². The first-order chi connectivity index (χ1) is 9.81. The van der Waals surface area contributed by atoms with E-state index in [0.717, 1.165) is 22.2 Å². The Hall–Kier alpha value is -1.66. The Kier molecular flexibility index (Phi) is 4.13. The van der Waals surface area contributed by atoms with Crippen LogP contribution in [-0.2, 0) is 6.54 Å². The fourth-order valence-electron chi connectivity index (χ4n) is 1.72. The van der Waals surface area contributed by atoms with Crippen LogP contribution in [-0.4, -0.2) is 16.6 Å². The molecule has 3 rings (SSSR count). The minimum Gasteiger partial charge on any atom is -0.256 e. The minimum atomic E-state index is -0.225. The number of thiophene rings is 1. The molecule has 1 aliphatic heterocycles. The molecule has 2 aromatic rings. The first-order valence-electron chi connectivity index (χ1n) is 6.09. The quantitative estimate of drug-likeness (QED) is 0.942. The molecule has 0 bridgehead atoms. The van der Waals surface area contributed by atoms with Gasteiger partial charge in [0.1, 0.15) is 5.82 Å². The van der Waals surface area contributed by atoms with Crippen LogP contribution in [0.5, 0.6) is 0 Å². The largest absolute Gasteiger partial charge is 0.256 e. The smallest absolute Gasteiger partial charge is 0.177 e. The van der Waals surface area contributed by atoms with E-state index in [4.69, 9.17) is 0 Å². The summed E-state index contributed by atoms with van der Waals surface area (Å²) in [5.41, 5.74) is 5.00. The van der Waals surface area contributed by atoms with Crippen molar-refractivity contribution in [2.24, 2.45) is 10.1 Å². The Labute approximate surface area is 124 Å². The van der Waals surface area contributed by atoms with Crippen molar-refractivity contribution in [2.45, 2.75) is 6.54 Å². The van der Waals surface area contributed by atoms with E-state index in [0.29, 0.717) is 6.54 Å². The minimum absolute atomic E-state index is 0.225. The number of rotatable bonds is 3. The van der Waals surface area contributed by atoms with Crippen molar-refractivity contribution in [1.82, 2.24) is 5.43 Å². The number of nitrogens with zero attached hydrogens (tertiary/aromatic N) is 2. The lowest BCUT2D eigenvalue weighted by molar-refractivity contribution is 0.627. The molecule has 20 heavy (non-hydrogen) atoms. The van der Waals surface area contributed by atoms with E-state index in [-0.39, 0.29) is 5.82 Å². The summed E-state index contributed by atoms with van der Waals surface area (Å²) < 4.78 is 12.8. The van der Waals surface area contributed by atoms with Crippen molar-refractivity contribution in [2.75, 3.05) is 5.75 Å². The van der Waals surface area contributed by atoms with Gasteiger partial charge in [0.05, 0.1) is 17.1 Å². The van der Waals surface area contributed by atoms with Gasteiger partial charge in [-0.2, -0.15) is 5.10 Å². The van der Waals surface area contributed by atoms with Crippen LogP contribution in [0.3, 0.4) is 0 Å². The van der Waals surface area contributed by atoms with Crippen molar-refractivity contribution in [3.63, 3.8) is 0 Å². The lowest BCUT2D eigenvalue weighted by Crippen LogP contribution is -2.25. The summed E-state index contributed by atoms with van der Waals surface area (Å²) in [6.07, 6.45) is 0. The fraction of sp³-hybridized carbons (Fsp3) is 0.143. The maximum Gasteiger partial charge on any atom is 0.177 e. The zero-order chi connectivity index (χ0) is 13.8. The molecule has 3 nitrogen and oxygen atoms in total. The lowest BCUT2D eigenvalue weighted by atomic mass is 10.2. The zero-order valence-electron chi connectivity index (χ0n) is 10.5. The molecule has 0 radical (unpaired) electrons. The van der Waals surface area contributed by atoms with Gasteiger partial charge in [-0.05, 0) is 29.1 Å². The molecule has 1 aromatic carbocycles. The highest BCUT2D eigenvalue weighted by molar-refractivity contribution is 8.14. The molecule has 1 aromatic heterocycles. The van der Waals surface area contributed by atoms with Crippen LogP contribution in [0.2, 0.25) is 0 Å². The van der Waals surface area contributed by atoms with Gasteiger partial charge in [-0.25, -0.2) is 4.39 Å². The van der Waals surface area contributed by atoms with Crippen LogP contribution < -0.4 is 5.43 Å². The Morgan fingerprint density at radius 2 is 2.10 bits per heavy atom. The third kappa shape index (κ3) is 3.26. The average molecular weight is 305 g/mol. The van der Waals surface area contributed by atoms with Crippen LogP contribution >= 0.6 is 23.1 Å². The number of hydrogen-bond donors (Lipinski definition) is 1. The number of amidine groups is 1. The van der Waals surface area contributed by atoms with E-state index in [1.54, 1.807) is 35.2 Å². The molecule has 0 aliphatic carbocycles. The van der Waals surface area contributed by atoms with Gasteiger partial charge in [-0.15, -0.1) is 11.3 Å². The number of halogens is 1. The summed E-state index contributed by atoms with van der Waals surface area (Å²) in [5, 5.41) is 7.19. The summed E-state index contributed by atoms with van der Waals surface area (Å²) in [5.74, 6) is 0.590. The predicted octanol–water partition coefficient (Wildman–Crippen LogP) is 3.48. The molecule has 0 saturated heterocycles. The summed E-state index contributed by atoms with van der Waals surface area (Å²) in [6.45, 7) is 0.527. The maximum absolute atomic E-state index is 12.8. The average Bonchev–Trinajstić information content (AvgIpc) is 3.01. The van der Waals surface area contributed by atoms with Gasteiger partial charge >= 0.3 is 0 Å². The number of hydrogen-bond acceptors (Lipinski definition) is 4. The Balaban J connectivity index is 1.63. The third-order valence-corrected chi connectivity index (χ3v) is 4.59. The second-order valence-corrected chi connectivity index (χ2v) is 6.10. The Bertz CT molecular complexity index is 633. The molecule has 1 N–H and O–H groups in total. The molecule has 0 fully saturated rings. The molecule has 0 spiro atoms. The predicted molar refractivity (Wildman–Crippen MR) is 84.0 cm³/mol. The van der Waals surface area contributed by atoms with Gasteiger partial charge in [0.25, 0.3) is 0 Å². The monoisotopic (exact) mass is 305 g/mol. The molecule has 0 unspecified atom stereocenters. The van der Waals surface area contributed by atoms with E-state index >= 15 is 0 Å². The first-order valence-corrected chi connectivity index (χ1v) is 7.96. The van der Waals surface area contributed by atoms with E-state index in [1.807, 2.05) is 11.4 Å². The van der Waals surface area contributed by atoms with Crippen molar-refractivity contribution in [3.8, 4) is 0 Å². The molecule has 1 aliphatic rings. The van der Waals surface area contributed by atoms with Crippen LogP contribution in [0.15, 0.2) is 51.9 Å². The van der Waals surface area contributed by atoms with Gasteiger partial charge in [0.15, 0.2) is 5.17 Å². The van der Waals surface area contributed by atoms with Crippen LogP contribution in [0.4, 0.5) is 4.39 Å². The second kappa shape index (κ2) is 6.19. The van der Waals surface area contributed by atoms with Gasteiger partial charge in [-0.3, -0.25) is 10.4 Å². The van der Waals surface area contributed by atoms with Gasteiger partial charge in [0, 0.05) is 5.75 Å². The highest BCUT2D eigenvalue weighted by Gasteiger charge is 2.13. The topological polar surface area (TPSA) is 36.8 Å². The Morgan fingerprint density at radius 1 is 1.25 bits per heavy atom. The third-order valence-electron chi connectivity index (χ3n) is 2.76. The highest BCUT2D eigenvalue weighted by Crippen LogP contribution is 2.17. The lowest BCUT2D eigenvalue weighted by Gasteiger charge is -2.13. The fourth-order valence-corrected chi connectivity index (χ4v) is 3.29. The van der Waals surface area contributed by atoms with E-state index in [1.165, 1.54) is 17.0 Å². The molecular weight excluding hydrogens is 293 g/mol. The number of benzene rings is 1. The zero-order valence-corrected chi connectivity index (χ0v) is 12.2. The van der Waals surface area contributed by atoms with Crippen LogP contribution in [0, 0.1) is 5.82 Å². The normalized spacial score (nSPS) is 16.9. The molecular formula is C14H12FN3S2. The Morgan fingerprint density at radius 3 is 2.75 bits per heavy atom. The summed E-state index contributed by atoms with van der Waals surface area (Å²) >= 11 is 3.32. The maximum atomic E-state index is 12.8. The van der Waals surface area contributed by atoms with Crippen molar-refractivity contribution in [1.29, 1.82) is 0 Å². The van der Waals surface area contributed by atoms with Gasteiger partial charge in [0.2, 0.25) is 0 Å². The van der Waals surface area contributed by atoms with E-state index in [9.17, 15) is 4.39 Å². The van der Waals surface area contributed by atoms with E-state index in [2.05, 4.69) is 21.6 Å². The molecule has 0 atom stereocenters. The van der Waals surface area contributed by atoms with E-state index < -0.39 is 0 Å². The summed E-state index contributed by atoms with van der Waals surface area (Å²) in [4.78, 5) is 5.62. The summed E-state index contributed by atoms with van der Waals surface area (Å²) in [7, 11) is 0. The standard InChI is InChI=1S/C14H12FN3S2/c15-11-5-3-10(4-6-11)8-16-14-18-17-12(9-20-14)13-2-1-7-19-13/h1-7H,8-9H2,(H,16,18). The van der Waals surface area contributed by atoms with Crippen molar-refractivity contribution < 1.29 is 4.39 Å². The first kappa shape index (κ1) is 13.3. The molecule has 2 heterocycles. The summed E-state index contributed by atoms with van der Waals surface area (Å²) in [6, 6.07) is 10.5. The van der Waals surface area contributed by atoms with Crippen molar-refractivity contribution in [3.05, 3.63) is 58.0 Å². The number of aliphatic imine (C=N–C) groups is 1.